The molecule has 32 heavy (non-hydrogen) atoms. The van der Waals surface area contributed by atoms with Crippen molar-refractivity contribution in [3.05, 3.63) is 95.2 Å². The van der Waals surface area contributed by atoms with Gasteiger partial charge in [-0.15, -0.1) is 0 Å². The van der Waals surface area contributed by atoms with Gasteiger partial charge < -0.3 is 9.72 Å². The van der Waals surface area contributed by atoms with Crippen molar-refractivity contribution in [2.45, 2.75) is 30.8 Å². The van der Waals surface area contributed by atoms with Crippen LogP contribution in [0.15, 0.2) is 77.7 Å². The van der Waals surface area contributed by atoms with E-state index in [1.165, 1.54) is 27.8 Å². The number of fused-ring (bicyclic) bond motifs is 3. The number of rotatable bonds is 6. The maximum Gasteiger partial charge on any atom is 0.118 e. The van der Waals surface area contributed by atoms with Gasteiger partial charge in [0.05, 0.1) is 24.0 Å². The lowest BCUT2D eigenvalue weighted by molar-refractivity contribution is 0.189. The monoisotopic (exact) mass is 444 g/mol. The fraction of sp³-hybridized carbons (Fsp3) is 0.259. The van der Waals surface area contributed by atoms with Crippen LogP contribution in [-0.2, 0) is 23.8 Å². The molecule has 0 saturated heterocycles. The molecule has 3 aromatic carbocycles. The molecule has 1 aromatic heterocycles. The highest BCUT2D eigenvalue weighted by Crippen LogP contribution is 2.36. The maximum absolute atomic E-state index is 13.4. The van der Waals surface area contributed by atoms with Gasteiger partial charge in [0.15, 0.2) is 0 Å². The Labute approximate surface area is 191 Å². The minimum Gasteiger partial charge on any atom is -0.497 e. The summed E-state index contributed by atoms with van der Waals surface area (Å²) in [6, 6.07) is 24.9. The molecule has 1 aliphatic heterocycles. The van der Waals surface area contributed by atoms with Crippen LogP contribution in [0.4, 0.5) is 0 Å². The molecule has 0 bridgehead atoms. The Morgan fingerprint density at radius 1 is 1.03 bits per heavy atom. The number of hydrogen-bond donors (Lipinski definition) is 1. The van der Waals surface area contributed by atoms with E-state index in [0.717, 1.165) is 35.7 Å². The fourth-order valence-electron chi connectivity index (χ4n) is 4.64. The van der Waals surface area contributed by atoms with E-state index in [9.17, 15) is 4.21 Å². The zero-order valence-corrected chi connectivity index (χ0v) is 19.3. The van der Waals surface area contributed by atoms with Crippen LogP contribution in [0.5, 0.6) is 5.75 Å². The summed E-state index contributed by atoms with van der Waals surface area (Å²) in [5, 5.41) is 1.29. The van der Waals surface area contributed by atoms with Gasteiger partial charge in [0.1, 0.15) is 5.75 Å². The molecule has 4 nitrogen and oxygen atoms in total. The average molecular weight is 445 g/mol. The largest absolute Gasteiger partial charge is 0.497 e. The van der Waals surface area contributed by atoms with Gasteiger partial charge in [-0.2, -0.15) is 0 Å². The lowest BCUT2D eigenvalue weighted by Gasteiger charge is -2.35. The van der Waals surface area contributed by atoms with E-state index in [1.54, 1.807) is 7.11 Å². The highest BCUT2D eigenvalue weighted by molar-refractivity contribution is 7.85. The van der Waals surface area contributed by atoms with Crippen molar-refractivity contribution in [2.24, 2.45) is 0 Å². The highest BCUT2D eigenvalue weighted by atomic mass is 32.2. The van der Waals surface area contributed by atoms with E-state index in [1.807, 2.05) is 36.4 Å². The first kappa shape index (κ1) is 21.0. The Balaban J connectivity index is 1.48. The minimum atomic E-state index is -1.08. The second-order valence-electron chi connectivity index (χ2n) is 8.47. The average Bonchev–Trinajstić information content (AvgIpc) is 3.20. The van der Waals surface area contributed by atoms with Gasteiger partial charge in [0.25, 0.3) is 0 Å². The van der Waals surface area contributed by atoms with Gasteiger partial charge >= 0.3 is 0 Å². The normalized spacial score (nSPS) is 17.2. The molecular weight excluding hydrogens is 416 g/mol. The second kappa shape index (κ2) is 8.93. The van der Waals surface area contributed by atoms with E-state index in [-0.39, 0.29) is 6.04 Å². The van der Waals surface area contributed by atoms with Crippen LogP contribution in [-0.4, -0.2) is 33.5 Å². The maximum atomic E-state index is 13.4. The molecule has 2 heterocycles. The summed E-state index contributed by atoms with van der Waals surface area (Å²) >= 11 is 0. The highest BCUT2D eigenvalue weighted by Gasteiger charge is 2.32. The molecule has 0 saturated carbocycles. The van der Waals surface area contributed by atoms with Crippen LogP contribution in [0.3, 0.4) is 0 Å². The lowest BCUT2D eigenvalue weighted by Crippen LogP contribution is -2.37. The van der Waals surface area contributed by atoms with Crippen LogP contribution < -0.4 is 4.74 Å². The number of nitrogens with one attached hydrogen (secondary N) is 1. The van der Waals surface area contributed by atoms with Crippen molar-refractivity contribution in [2.75, 3.05) is 19.4 Å². The van der Waals surface area contributed by atoms with Crippen molar-refractivity contribution in [3.63, 3.8) is 0 Å². The van der Waals surface area contributed by atoms with Crippen molar-refractivity contribution < 1.29 is 8.95 Å². The van der Waals surface area contributed by atoms with Gasteiger partial charge in [0, 0.05) is 40.3 Å². The number of H-pyrrole nitrogens is 1. The minimum absolute atomic E-state index is 0.0652. The number of aryl methyl sites for hydroxylation is 1. The summed E-state index contributed by atoms with van der Waals surface area (Å²) in [5.74, 6) is 1.43. The second-order valence-corrected chi connectivity index (χ2v) is 9.97. The smallest absolute Gasteiger partial charge is 0.118 e. The van der Waals surface area contributed by atoms with Crippen molar-refractivity contribution >= 4 is 21.7 Å². The summed E-state index contributed by atoms with van der Waals surface area (Å²) in [4.78, 5) is 7.03. The molecule has 164 valence electrons. The Kier molecular flexibility index (Phi) is 5.85. The predicted octanol–water partition coefficient (Wildman–Crippen LogP) is 5.39. The zero-order chi connectivity index (χ0) is 22.1. The number of aromatic amines is 1. The molecule has 0 amide bonds. The molecule has 5 heteroatoms. The summed E-state index contributed by atoms with van der Waals surface area (Å²) in [6.45, 7) is 3.81. The standard InChI is InChI=1S/C27H28N2O2S/c1-19-7-13-22(14-8-19)32(30)18-26-27-24(23-5-3-4-6-25(23)28-27)15-16-29(26)17-20-9-11-21(31-2)12-10-20/h3-14,26,28H,15-18H2,1-2H3/t26-,32-/m1/s1. The molecule has 2 atom stereocenters. The summed E-state index contributed by atoms with van der Waals surface area (Å²) in [6.07, 6.45) is 0.989. The number of ether oxygens (including phenoxy) is 1. The van der Waals surface area contributed by atoms with Crippen LogP contribution in [0, 0.1) is 6.92 Å². The first-order valence-electron chi connectivity index (χ1n) is 11.0. The van der Waals surface area contributed by atoms with Gasteiger partial charge in [-0.3, -0.25) is 9.11 Å². The molecule has 0 spiro atoms. The van der Waals surface area contributed by atoms with Crippen LogP contribution >= 0.6 is 0 Å². The van der Waals surface area contributed by atoms with Crippen LogP contribution in [0.1, 0.15) is 28.4 Å². The number of methoxy groups -OCH3 is 1. The third kappa shape index (κ3) is 4.10. The quantitative estimate of drug-likeness (QED) is 0.434. The molecule has 0 aliphatic carbocycles. The molecule has 1 aliphatic rings. The van der Waals surface area contributed by atoms with Crippen molar-refractivity contribution in [1.29, 1.82) is 0 Å². The van der Waals surface area contributed by atoms with Crippen LogP contribution in [0.25, 0.3) is 10.9 Å². The summed E-state index contributed by atoms with van der Waals surface area (Å²) < 4.78 is 18.7. The number of nitrogens with zero attached hydrogens (tertiary/aromatic N) is 1. The van der Waals surface area contributed by atoms with Gasteiger partial charge in [-0.1, -0.05) is 48.0 Å². The molecule has 0 radical (unpaired) electrons. The SMILES string of the molecule is COc1ccc(CN2CCc3c([nH]c4ccccc34)[C@H]2C[S@@](=O)c2ccc(C)cc2)cc1. The van der Waals surface area contributed by atoms with E-state index < -0.39 is 10.8 Å². The molecule has 5 rings (SSSR count). The van der Waals surface area contributed by atoms with E-state index >= 15 is 0 Å². The third-order valence-electron chi connectivity index (χ3n) is 6.41. The first-order chi connectivity index (χ1) is 15.6. The van der Waals surface area contributed by atoms with E-state index in [2.05, 4.69) is 53.2 Å². The molecule has 1 N–H and O–H groups in total. The third-order valence-corrected chi connectivity index (χ3v) is 7.82. The first-order valence-corrected chi connectivity index (χ1v) is 12.4. The Hall–Kier alpha value is -2.89. The van der Waals surface area contributed by atoms with Gasteiger partial charge in [-0.25, -0.2) is 0 Å². The number of hydrogen-bond acceptors (Lipinski definition) is 3. The predicted molar refractivity (Wildman–Crippen MR) is 131 cm³/mol. The van der Waals surface area contributed by atoms with E-state index in [0.29, 0.717) is 5.75 Å². The fourth-order valence-corrected chi connectivity index (χ4v) is 5.94. The van der Waals surface area contributed by atoms with E-state index in [4.69, 9.17) is 4.74 Å². The van der Waals surface area contributed by atoms with Gasteiger partial charge in [-0.05, 0) is 54.8 Å². The zero-order valence-electron chi connectivity index (χ0n) is 18.5. The Morgan fingerprint density at radius 3 is 2.53 bits per heavy atom. The molecule has 4 aromatic rings. The Morgan fingerprint density at radius 2 is 1.78 bits per heavy atom. The number of benzene rings is 3. The van der Waals surface area contributed by atoms with Crippen molar-refractivity contribution in [1.82, 2.24) is 9.88 Å². The Bertz CT molecular complexity index is 1250. The van der Waals surface area contributed by atoms with Gasteiger partial charge in [0.2, 0.25) is 0 Å². The molecule has 0 unspecified atom stereocenters. The lowest BCUT2D eigenvalue weighted by atomic mass is 9.97. The molecule has 0 fully saturated rings. The summed E-state index contributed by atoms with van der Waals surface area (Å²) in [5.41, 5.74) is 6.16. The number of para-hydroxylation sites is 1. The van der Waals surface area contributed by atoms with Crippen LogP contribution in [0.2, 0.25) is 0 Å². The summed E-state index contributed by atoms with van der Waals surface area (Å²) in [7, 11) is 0.604. The molecular formula is C27H28N2O2S. The van der Waals surface area contributed by atoms with Crippen molar-refractivity contribution in [3.8, 4) is 5.75 Å². The number of aromatic nitrogens is 1. The topological polar surface area (TPSA) is 45.3 Å².